The molecule has 1 aliphatic rings. The van der Waals surface area contributed by atoms with Crippen LogP contribution in [-0.2, 0) is 11.8 Å². The van der Waals surface area contributed by atoms with Crippen LogP contribution < -0.4 is 0 Å². The molecule has 1 fully saturated rings. The van der Waals surface area contributed by atoms with Gasteiger partial charge in [0.05, 0.1) is 5.56 Å². The highest BCUT2D eigenvalue weighted by Gasteiger charge is 2.29. The number of amides is 2. The molecule has 1 saturated heterocycles. The van der Waals surface area contributed by atoms with Gasteiger partial charge in [-0.05, 0) is 45.6 Å². The summed E-state index contributed by atoms with van der Waals surface area (Å²) >= 11 is 0. The molecule has 3 rings (SSSR count). The predicted molar refractivity (Wildman–Crippen MR) is 110 cm³/mol. The Labute approximate surface area is 167 Å². The fourth-order valence-electron chi connectivity index (χ4n) is 3.88. The van der Waals surface area contributed by atoms with Gasteiger partial charge in [-0.2, -0.15) is 0 Å². The maximum Gasteiger partial charge on any atom is 0.410 e. The molecule has 1 aromatic carbocycles. The van der Waals surface area contributed by atoms with E-state index in [1.807, 2.05) is 67.7 Å². The first kappa shape index (κ1) is 20.2. The number of aromatic nitrogens is 1. The summed E-state index contributed by atoms with van der Waals surface area (Å²) in [7, 11) is 3.73. The summed E-state index contributed by atoms with van der Waals surface area (Å²) in [6.45, 7) is 7.61. The lowest BCUT2D eigenvalue weighted by atomic mass is 9.97. The van der Waals surface area contributed by atoms with Gasteiger partial charge in [0.2, 0.25) is 0 Å². The van der Waals surface area contributed by atoms with E-state index >= 15 is 0 Å². The van der Waals surface area contributed by atoms with Crippen LogP contribution in [0.5, 0.6) is 0 Å². The first-order chi connectivity index (χ1) is 13.2. The number of aryl methyl sites for hydroxylation is 1. The molecule has 2 heterocycles. The Hall–Kier alpha value is -2.50. The maximum atomic E-state index is 13.2. The first-order valence-electron chi connectivity index (χ1n) is 9.93. The second-order valence-electron chi connectivity index (χ2n) is 8.79. The molecule has 0 aliphatic carbocycles. The van der Waals surface area contributed by atoms with Gasteiger partial charge >= 0.3 is 6.09 Å². The summed E-state index contributed by atoms with van der Waals surface area (Å²) in [6.07, 6.45) is 3.56. The second-order valence-corrected chi connectivity index (χ2v) is 8.79. The van der Waals surface area contributed by atoms with Gasteiger partial charge in [-0.25, -0.2) is 4.79 Å². The summed E-state index contributed by atoms with van der Waals surface area (Å²) in [6, 6.07) is 7.98. The van der Waals surface area contributed by atoms with Gasteiger partial charge in [-0.1, -0.05) is 18.2 Å². The topological polar surface area (TPSA) is 54.8 Å². The highest BCUT2D eigenvalue weighted by Crippen LogP contribution is 2.25. The zero-order valence-corrected chi connectivity index (χ0v) is 17.6. The smallest absolute Gasteiger partial charge is 0.410 e. The van der Waals surface area contributed by atoms with Gasteiger partial charge < -0.3 is 19.1 Å². The number of hydrogen-bond donors (Lipinski definition) is 0. The highest BCUT2D eigenvalue weighted by atomic mass is 16.6. The number of ether oxygens (including phenoxy) is 1. The van der Waals surface area contributed by atoms with Crippen molar-refractivity contribution in [1.82, 2.24) is 14.4 Å². The summed E-state index contributed by atoms with van der Waals surface area (Å²) < 4.78 is 7.44. The molecule has 6 nitrogen and oxygen atoms in total. The molecule has 152 valence electrons. The Morgan fingerprint density at radius 2 is 1.96 bits per heavy atom. The first-order valence-corrected chi connectivity index (χ1v) is 9.93. The zero-order chi connectivity index (χ0) is 20.5. The Balaban J connectivity index is 1.67. The number of nitrogens with zero attached hydrogens (tertiary/aromatic N) is 3. The van der Waals surface area contributed by atoms with E-state index in [4.69, 9.17) is 4.74 Å². The van der Waals surface area contributed by atoms with E-state index in [0.717, 1.165) is 35.9 Å². The average molecular weight is 386 g/mol. The van der Waals surface area contributed by atoms with Crippen LogP contribution in [0.3, 0.4) is 0 Å². The van der Waals surface area contributed by atoms with Crippen LogP contribution in [0, 0.1) is 5.92 Å². The van der Waals surface area contributed by atoms with E-state index in [1.54, 1.807) is 11.9 Å². The van der Waals surface area contributed by atoms with E-state index in [9.17, 15) is 9.59 Å². The minimum atomic E-state index is -0.506. The number of fused-ring (bicyclic) bond motifs is 1. The number of rotatable bonds is 3. The third-order valence-electron chi connectivity index (χ3n) is 5.17. The number of carbonyl (C=O) groups is 2. The lowest BCUT2D eigenvalue weighted by Gasteiger charge is -2.35. The van der Waals surface area contributed by atoms with Crippen LogP contribution in [0.4, 0.5) is 4.79 Å². The number of benzene rings is 1. The number of carbonyl (C=O) groups excluding carboxylic acids is 2. The molecule has 1 aromatic heterocycles. The van der Waals surface area contributed by atoms with E-state index in [-0.39, 0.29) is 17.9 Å². The second kappa shape index (κ2) is 7.86. The van der Waals surface area contributed by atoms with Gasteiger partial charge in [0.1, 0.15) is 5.60 Å². The minimum absolute atomic E-state index is 0.0708. The quantitative estimate of drug-likeness (QED) is 0.805. The minimum Gasteiger partial charge on any atom is -0.444 e. The van der Waals surface area contributed by atoms with E-state index < -0.39 is 5.60 Å². The molecular formula is C22H31N3O3. The molecule has 0 radical (unpaired) electrons. The van der Waals surface area contributed by atoms with Crippen molar-refractivity contribution in [3.63, 3.8) is 0 Å². The molecular weight excluding hydrogens is 354 g/mol. The molecule has 28 heavy (non-hydrogen) atoms. The van der Waals surface area contributed by atoms with Crippen LogP contribution in [0.1, 0.15) is 44.0 Å². The Morgan fingerprint density at radius 3 is 2.68 bits per heavy atom. The van der Waals surface area contributed by atoms with Gasteiger partial charge in [-0.3, -0.25) is 4.79 Å². The van der Waals surface area contributed by atoms with E-state index in [1.165, 1.54) is 0 Å². The monoisotopic (exact) mass is 385 g/mol. The van der Waals surface area contributed by atoms with Crippen LogP contribution in [0.15, 0.2) is 30.5 Å². The van der Waals surface area contributed by atoms with Crippen LogP contribution >= 0.6 is 0 Å². The number of piperidine rings is 1. The van der Waals surface area contributed by atoms with Crippen molar-refractivity contribution in [3.8, 4) is 0 Å². The van der Waals surface area contributed by atoms with Crippen LogP contribution in [0.2, 0.25) is 0 Å². The molecule has 2 aromatic rings. The number of likely N-dealkylation sites (tertiary alicyclic amines) is 1. The standard InChI is InChI=1S/C22H31N3O3/c1-22(2,3)28-21(27)24(5)13-16-9-8-12-25(14-16)20(26)18-15-23(4)19-11-7-6-10-17(18)19/h6-7,10-11,15-16H,8-9,12-14H2,1-5H3. The molecule has 1 aliphatic heterocycles. The van der Waals surface area contributed by atoms with Crippen molar-refractivity contribution in [1.29, 1.82) is 0 Å². The molecule has 0 bridgehead atoms. The molecule has 2 amide bonds. The highest BCUT2D eigenvalue weighted by molar-refractivity contribution is 6.07. The molecule has 1 atom stereocenters. The fraction of sp³-hybridized carbons (Fsp3) is 0.545. The number of para-hydroxylation sites is 1. The summed E-state index contributed by atoms with van der Waals surface area (Å²) in [5.74, 6) is 0.326. The van der Waals surface area contributed by atoms with Crippen molar-refractivity contribution in [2.75, 3.05) is 26.7 Å². The van der Waals surface area contributed by atoms with Crippen LogP contribution in [0.25, 0.3) is 10.9 Å². The maximum absolute atomic E-state index is 13.2. The lowest BCUT2D eigenvalue weighted by Crippen LogP contribution is -2.45. The Morgan fingerprint density at radius 1 is 1.25 bits per heavy atom. The zero-order valence-electron chi connectivity index (χ0n) is 17.6. The summed E-state index contributed by atoms with van der Waals surface area (Å²) in [5, 5.41) is 0.989. The van der Waals surface area contributed by atoms with Crippen LogP contribution in [-0.4, -0.2) is 58.7 Å². The van der Waals surface area contributed by atoms with Crippen molar-refractivity contribution < 1.29 is 14.3 Å². The predicted octanol–water partition coefficient (Wildman–Crippen LogP) is 3.90. The summed E-state index contributed by atoms with van der Waals surface area (Å²) in [4.78, 5) is 29.0. The van der Waals surface area contributed by atoms with Gasteiger partial charge in [0, 0.05) is 50.8 Å². The Bertz CT molecular complexity index is 866. The largest absolute Gasteiger partial charge is 0.444 e. The average Bonchev–Trinajstić information content (AvgIpc) is 2.97. The number of hydrogen-bond acceptors (Lipinski definition) is 3. The van der Waals surface area contributed by atoms with Crippen molar-refractivity contribution in [3.05, 3.63) is 36.0 Å². The lowest BCUT2D eigenvalue weighted by molar-refractivity contribution is 0.0244. The van der Waals surface area contributed by atoms with Crippen molar-refractivity contribution >= 4 is 22.9 Å². The third kappa shape index (κ3) is 4.49. The molecule has 6 heteroatoms. The van der Waals surface area contributed by atoms with Gasteiger partial charge in [0.15, 0.2) is 0 Å². The molecule has 0 saturated carbocycles. The molecule has 0 N–H and O–H groups in total. The van der Waals surface area contributed by atoms with E-state index in [0.29, 0.717) is 13.1 Å². The van der Waals surface area contributed by atoms with Crippen molar-refractivity contribution in [2.45, 2.75) is 39.2 Å². The molecule has 1 unspecified atom stereocenters. The fourth-order valence-corrected chi connectivity index (χ4v) is 3.88. The third-order valence-corrected chi connectivity index (χ3v) is 5.17. The SMILES string of the molecule is CN(CC1CCCN(C(=O)c2cn(C)c3ccccc23)C1)C(=O)OC(C)(C)C. The van der Waals surface area contributed by atoms with Gasteiger partial charge in [0.25, 0.3) is 5.91 Å². The summed E-state index contributed by atoms with van der Waals surface area (Å²) in [5.41, 5.74) is 1.30. The molecule has 0 spiro atoms. The normalized spacial score (nSPS) is 17.6. The Kier molecular flexibility index (Phi) is 5.68. The van der Waals surface area contributed by atoms with Crippen molar-refractivity contribution in [2.24, 2.45) is 13.0 Å². The van der Waals surface area contributed by atoms with E-state index in [2.05, 4.69) is 0 Å². The van der Waals surface area contributed by atoms with Gasteiger partial charge in [-0.15, -0.1) is 0 Å².